The lowest BCUT2D eigenvalue weighted by Gasteiger charge is -2.16. The fourth-order valence-corrected chi connectivity index (χ4v) is 2.95. The number of ether oxygens (including phenoxy) is 1. The molecule has 106 valence electrons. The summed E-state index contributed by atoms with van der Waals surface area (Å²) in [6.45, 7) is 3.67. The van der Waals surface area contributed by atoms with Crippen molar-refractivity contribution in [3.05, 3.63) is 23.2 Å². The molecule has 2 nitrogen and oxygen atoms in total. The zero-order valence-electron chi connectivity index (χ0n) is 11.8. The quantitative estimate of drug-likeness (QED) is 0.756. The maximum atomic E-state index is 6.19. The monoisotopic (exact) mass is 281 g/mol. The van der Waals surface area contributed by atoms with Crippen molar-refractivity contribution in [3.63, 3.8) is 0 Å². The number of hydrogen-bond donors (Lipinski definition) is 1. The van der Waals surface area contributed by atoms with Crippen LogP contribution in [0.5, 0.6) is 5.75 Å². The molecule has 0 bridgehead atoms. The molecule has 3 heteroatoms. The highest BCUT2D eigenvalue weighted by molar-refractivity contribution is 6.32. The average Bonchev–Trinajstić information content (AvgIpc) is 2.68. The zero-order chi connectivity index (χ0) is 13.5. The molecule has 1 saturated carbocycles. The van der Waals surface area contributed by atoms with E-state index in [-0.39, 0.29) is 0 Å². The Morgan fingerprint density at radius 1 is 1.21 bits per heavy atom. The molecule has 1 aromatic rings. The van der Waals surface area contributed by atoms with Gasteiger partial charge >= 0.3 is 0 Å². The summed E-state index contributed by atoms with van der Waals surface area (Å²) < 4.78 is 5.44. The van der Waals surface area contributed by atoms with Crippen LogP contribution in [0.15, 0.2) is 18.2 Å². The van der Waals surface area contributed by atoms with Gasteiger partial charge in [0.2, 0.25) is 0 Å². The van der Waals surface area contributed by atoms with Crippen molar-refractivity contribution in [2.24, 2.45) is 5.92 Å². The maximum Gasteiger partial charge on any atom is 0.138 e. The van der Waals surface area contributed by atoms with Crippen LogP contribution in [0.2, 0.25) is 5.02 Å². The van der Waals surface area contributed by atoms with Gasteiger partial charge in [0.25, 0.3) is 0 Å². The van der Waals surface area contributed by atoms with Crippen LogP contribution in [0.4, 0.5) is 5.69 Å². The normalized spacial score (nSPS) is 16.9. The summed E-state index contributed by atoms with van der Waals surface area (Å²) in [5.41, 5.74) is 1.10. The minimum atomic E-state index is 0.647. The SMILES string of the molecule is CCOc1ccc(NCC2CCCCCC2)cc1Cl. The van der Waals surface area contributed by atoms with Crippen molar-refractivity contribution in [3.8, 4) is 5.75 Å². The van der Waals surface area contributed by atoms with E-state index < -0.39 is 0 Å². The molecule has 1 aliphatic carbocycles. The van der Waals surface area contributed by atoms with E-state index in [1.54, 1.807) is 0 Å². The molecule has 1 N–H and O–H groups in total. The highest BCUT2D eigenvalue weighted by atomic mass is 35.5. The molecular weight excluding hydrogens is 258 g/mol. The topological polar surface area (TPSA) is 21.3 Å². The highest BCUT2D eigenvalue weighted by Gasteiger charge is 2.12. The van der Waals surface area contributed by atoms with Crippen LogP contribution in [0, 0.1) is 5.92 Å². The van der Waals surface area contributed by atoms with Crippen molar-refractivity contribution >= 4 is 17.3 Å². The van der Waals surface area contributed by atoms with Gasteiger partial charge in [0, 0.05) is 12.2 Å². The van der Waals surface area contributed by atoms with Gasteiger partial charge in [-0.3, -0.25) is 0 Å². The Balaban J connectivity index is 1.86. The van der Waals surface area contributed by atoms with Gasteiger partial charge in [-0.1, -0.05) is 37.3 Å². The van der Waals surface area contributed by atoms with Gasteiger partial charge in [-0.25, -0.2) is 0 Å². The van der Waals surface area contributed by atoms with E-state index in [2.05, 4.69) is 5.32 Å². The van der Waals surface area contributed by atoms with Gasteiger partial charge in [-0.15, -0.1) is 0 Å². The second-order valence-corrected chi connectivity index (χ2v) is 5.72. The van der Waals surface area contributed by atoms with Crippen LogP contribution in [-0.4, -0.2) is 13.2 Å². The van der Waals surface area contributed by atoms with Crippen LogP contribution < -0.4 is 10.1 Å². The molecule has 0 unspecified atom stereocenters. The van der Waals surface area contributed by atoms with E-state index in [9.17, 15) is 0 Å². The Hall–Kier alpha value is -0.890. The molecule has 0 heterocycles. The van der Waals surface area contributed by atoms with Gasteiger partial charge in [-0.2, -0.15) is 0 Å². The summed E-state index contributed by atoms with van der Waals surface area (Å²) in [7, 11) is 0. The Kier molecular flexibility index (Phi) is 5.84. The van der Waals surface area contributed by atoms with E-state index in [1.807, 2.05) is 25.1 Å². The molecule has 2 rings (SSSR count). The molecule has 0 radical (unpaired) electrons. The van der Waals surface area contributed by atoms with E-state index in [0.717, 1.165) is 23.9 Å². The van der Waals surface area contributed by atoms with Crippen LogP contribution in [-0.2, 0) is 0 Å². The first kappa shape index (κ1) is 14.5. The lowest BCUT2D eigenvalue weighted by molar-refractivity contribution is 0.340. The largest absolute Gasteiger partial charge is 0.492 e. The van der Waals surface area contributed by atoms with Crippen LogP contribution in [0.3, 0.4) is 0 Å². The molecule has 19 heavy (non-hydrogen) atoms. The predicted octanol–water partition coefficient (Wildman–Crippen LogP) is 5.12. The summed E-state index contributed by atoms with van der Waals surface area (Å²) in [4.78, 5) is 0. The summed E-state index contributed by atoms with van der Waals surface area (Å²) in [5, 5.41) is 4.20. The molecule has 0 spiro atoms. The fraction of sp³-hybridized carbons (Fsp3) is 0.625. The first-order valence-corrected chi connectivity index (χ1v) is 7.83. The summed E-state index contributed by atoms with van der Waals surface area (Å²) in [5.74, 6) is 1.58. The third kappa shape index (κ3) is 4.61. The number of nitrogens with one attached hydrogen (secondary N) is 1. The maximum absolute atomic E-state index is 6.19. The molecule has 0 aliphatic heterocycles. The summed E-state index contributed by atoms with van der Waals surface area (Å²) in [6, 6.07) is 5.96. The van der Waals surface area contributed by atoms with Crippen molar-refractivity contribution in [2.75, 3.05) is 18.5 Å². The smallest absolute Gasteiger partial charge is 0.138 e. The van der Waals surface area contributed by atoms with Crippen LogP contribution in [0.1, 0.15) is 45.4 Å². The van der Waals surface area contributed by atoms with Crippen molar-refractivity contribution in [2.45, 2.75) is 45.4 Å². The lowest BCUT2D eigenvalue weighted by atomic mass is 10.0. The fourth-order valence-electron chi connectivity index (χ4n) is 2.71. The Morgan fingerprint density at radius 2 is 1.95 bits per heavy atom. The van der Waals surface area contributed by atoms with Gasteiger partial charge in [0.05, 0.1) is 11.6 Å². The zero-order valence-corrected chi connectivity index (χ0v) is 12.5. The van der Waals surface area contributed by atoms with Crippen LogP contribution >= 0.6 is 11.6 Å². The molecule has 1 fully saturated rings. The molecular formula is C16H24ClNO. The third-order valence-corrected chi connectivity index (χ3v) is 4.10. The van der Waals surface area contributed by atoms with Gasteiger partial charge < -0.3 is 10.1 Å². The van der Waals surface area contributed by atoms with Crippen molar-refractivity contribution in [1.29, 1.82) is 0 Å². The number of halogens is 1. The van der Waals surface area contributed by atoms with E-state index in [1.165, 1.54) is 38.5 Å². The Bertz CT molecular complexity index is 386. The van der Waals surface area contributed by atoms with E-state index in [4.69, 9.17) is 16.3 Å². The summed E-state index contributed by atoms with van der Waals surface area (Å²) >= 11 is 6.19. The number of hydrogen-bond acceptors (Lipinski definition) is 2. The average molecular weight is 282 g/mol. The molecule has 1 aliphatic rings. The first-order chi connectivity index (χ1) is 9.29. The third-order valence-electron chi connectivity index (χ3n) is 3.80. The second kappa shape index (κ2) is 7.64. The van der Waals surface area contributed by atoms with Crippen LogP contribution in [0.25, 0.3) is 0 Å². The first-order valence-electron chi connectivity index (χ1n) is 7.46. The van der Waals surface area contributed by atoms with E-state index in [0.29, 0.717) is 11.6 Å². The van der Waals surface area contributed by atoms with Crippen molar-refractivity contribution < 1.29 is 4.74 Å². The second-order valence-electron chi connectivity index (χ2n) is 5.32. The predicted molar refractivity (Wildman–Crippen MR) is 82.3 cm³/mol. The summed E-state index contributed by atoms with van der Waals surface area (Å²) in [6.07, 6.45) is 8.30. The molecule has 0 amide bonds. The van der Waals surface area contributed by atoms with E-state index >= 15 is 0 Å². The molecule has 1 aromatic carbocycles. The minimum Gasteiger partial charge on any atom is -0.492 e. The van der Waals surface area contributed by atoms with Gasteiger partial charge in [0.1, 0.15) is 5.75 Å². The number of anilines is 1. The molecule has 0 saturated heterocycles. The minimum absolute atomic E-state index is 0.647. The standard InChI is InChI=1S/C16H24ClNO/c1-2-19-16-10-9-14(11-15(16)17)18-12-13-7-5-3-4-6-8-13/h9-11,13,18H,2-8,12H2,1H3. The van der Waals surface area contributed by atoms with Gasteiger partial charge in [0.15, 0.2) is 0 Å². The Morgan fingerprint density at radius 3 is 2.58 bits per heavy atom. The lowest BCUT2D eigenvalue weighted by Crippen LogP contribution is -2.13. The Labute approximate surface area is 121 Å². The van der Waals surface area contributed by atoms with Gasteiger partial charge in [-0.05, 0) is 43.9 Å². The number of rotatable bonds is 5. The molecule has 0 aromatic heterocycles. The molecule has 0 atom stereocenters. The number of benzene rings is 1. The highest BCUT2D eigenvalue weighted by Crippen LogP contribution is 2.28. The van der Waals surface area contributed by atoms with Crippen molar-refractivity contribution in [1.82, 2.24) is 0 Å².